The average molecular weight is 827 g/mol. The molecule has 4 heteroatoms. The molecule has 278 valence electrons. The van der Waals surface area contributed by atoms with Crippen molar-refractivity contribution in [2.75, 3.05) is 0 Å². The predicted octanol–water partition coefficient (Wildman–Crippen LogP) is 15.2. The molecule has 0 saturated heterocycles. The molecule has 1 saturated carbocycles. The first-order chi connectivity index (χ1) is 23.2. The molecule has 0 spiro atoms. The Labute approximate surface area is 346 Å². The van der Waals surface area contributed by atoms with Crippen LogP contribution >= 0.6 is 24.8 Å². The van der Waals surface area contributed by atoms with Crippen molar-refractivity contribution in [3.05, 3.63) is 146 Å². The summed E-state index contributed by atoms with van der Waals surface area (Å²) in [5.74, 6) is 1.41. The molecular formula is C48H60Cl2SiZr-4. The molecule has 0 heterocycles. The minimum atomic E-state index is 0. The van der Waals surface area contributed by atoms with Crippen LogP contribution in [0.25, 0.3) is 43.8 Å². The van der Waals surface area contributed by atoms with Crippen LogP contribution in [0.5, 0.6) is 0 Å². The molecule has 0 nitrogen and oxygen atoms in total. The van der Waals surface area contributed by atoms with Crippen molar-refractivity contribution in [3.63, 3.8) is 0 Å². The Bertz CT molecular complexity index is 1900. The SMILES string of the molecule is CCC(C)c1cc2c(-c3ccc(C(C)(C)C)cc3)cccc2[cH-]1.CCc1cc2c(-c3ccc(C4CCCCC4)cc3)cccc2[cH-]1.Cl.Cl.[CH3-].[CH3-].[Si]=[Zr]. The molecule has 0 N–H and O–H groups in total. The Morgan fingerprint density at radius 3 is 1.69 bits per heavy atom. The van der Waals surface area contributed by atoms with Gasteiger partial charge in [0.15, 0.2) is 0 Å². The van der Waals surface area contributed by atoms with Crippen molar-refractivity contribution in [2.24, 2.45) is 0 Å². The zero-order valence-electron chi connectivity index (χ0n) is 32.8. The number of fused-ring (bicyclic) bond motifs is 2. The molecule has 0 aromatic heterocycles. The van der Waals surface area contributed by atoms with Gasteiger partial charge in [0.05, 0.1) is 0 Å². The Kier molecular flexibility index (Phi) is 20.4. The summed E-state index contributed by atoms with van der Waals surface area (Å²) in [5, 5.41) is 5.51. The molecule has 0 aliphatic heterocycles. The van der Waals surface area contributed by atoms with E-state index in [1.165, 1.54) is 128 Å². The van der Waals surface area contributed by atoms with Gasteiger partial charge in [-0.15, -0.1) is 93.9 Å². The molecule has 1 unspecified atom stereocenters. The Balaban J connectivity index is 0.000000462. The first-order valence-electron chi connectivity index (χ1n) is 18.1. The van der Waals surface area contributed by atoms with E-state index in [2.05, 4.69) is 158 Å². The number of hydrogen-bond donors (Lipinski definition) is 0. The number of halogens is 2. The summed E-state index contributed by atoms with van der Waals surface area (Å²) in [7, 11) is 0. The normalized spacial score (nSPS) is 13.1. The van der Waals surface area contributed by atoms with Crippen molar-refractivity contribution >= 4 is 53.2 Å². The van der Waals surface area contributed by atoms with Crippen molar-refractivity contribution < 1.29 is 23.3 Å². The molecule has 52 heavy (non-hydrogen) atoms. The van der Waals surface area contributed by atoms with E-state index in [0.717, 1.165) is 12.3 Å². The van der Waals surface area contributed by atoms with Crippen LogP contribution in [-0.2, 0) is 35.2 Å². The monoisotopic (exact) mass is 824 g/mol. The number of aryl methyl sites for hydroxylation is 1. The molecule has 0 bridgehead atoms. The van der Waals surface area contributed by atoms with Crippen LogP contribution in [0, 0.1) is 14.9 Å². The van der Waals surface area contributed by atoms with E-state index in [0.29, 0.717) is 5.92 Å². The fourth-order valence-corrected chi connectivity index (χ4v) is 7.30. The fraction of sp³-hybridized carbons (Fsp3) is 0.333. The zero-order valence-corrected chi connectivity index (χ0v) is 37.9. The van der Waals surface area contributed by atoms with E-state index in [4.69, 9.17) is 0 Å². The summed E-state index contributed by atoms with van der Waals surface area (Å²) >= 11 is 1.36. The van der Waals surface area contributed by atoms with Crippen molar-refractivity contribution in [3.8, 4) is 22.3 Å². The quantitative estimate of drug-likeness (QED) is 0.116. The van der Waals surface area contributed by atoms with E-state index in [9.17, 15) is 0 Å². The third-order valence-corrected chi connectivity index (χ3v) is 10.5. The first-order valence-corrected chi connectivity index (χ1v) is 22.3. The van der Waals surface area contributed by atoms with Gasteiger partial charge in [0.25, 0.3) is 0 Å². The maximum atomic E-state index is 3.06. The van der Waals surface area contributed by atoms with Crippen LogP contribution in [0.3, 0.4) is 0 Å². The second-order valence-corrected chi connectivity index (χ2v) is 14.7. The summed E-state index contributed by atoms with van der Waals surface area (Å²) < 4.78 is 0. The van der Waals surface area contributed by atoms with Crippen molar-refractivity contribution in [2.45, 2.75) is 104 Å². The summed E-state index contributed by atoms with van der Waals surface area (Å²) in [5.41, 5.74) is 11.4. The molecule has 1 fully saturated rings. The molecule has 6 aromatic rings. The van der Waals surface area contributed by atoms with Gasteiger partial charge in [0.2, 0.25) is 0 Å². The average Bonchev–Trinajstić information content (AvgIpc) is 3.77. The van der Waals surface area contributed by atoms with Gasteiger partial charge in [0, 0.05) is 0 Å². The van der Waals surface area contributed by atoms with Crippen LogP contribution in [0.15, 0.2) is 109 Å². The fourth-order valence-electron chi connectivity index (χ4n) is 7.30. The van der Waals surface area contributed by atoms with Crippen LogP contribution in [0.1, 0.15) is 114 Å². The molecule has 2 radical (unpaired) electrons. The van der Waals surface area contributed by atoms with E-state index < -0.39 is 0 Å². The standard InChI is InChI=1S/C23H25.C23H27.2CH3.2ClH.Si.Zr/c1-2-17-15-21-9-6-10-22(23(21)16-17)20-13-11-19(12-14-20)18-7-4-3-5-8-18;1-6-16(2)19-14-18-8-7-9-21(22(18)15-19)17-10-12-20(13-11-17)23(3,4)5;;;;;;/h6,9-16,18H,2-5,7-8H2,1H3;7-16H,6H2,1-5H3;2*1H3;2*1H;;/q4*-1;;;;. The topological polar surface area (TPSA) is 0 Å². The number of hydrogen-bond acceptors (Lipinski definition) is 0. The Morgan fingerprint density at radius 1 is 0.692 bits per heavy atom. The van der Waals surface area contributed by atoms with Gasteiger partial charge in [0.1, 0.15) is 0 Å². The van der Waals surface area contributed by atoms with Crippen molar-refractivity contribution in [1.82, 2.24) is 0 Å². The molecule has 1 atom stereocenters. The van der Waals surface area contributed by atoms with Gasteiger partial charge in [-0.1, -0.05) is 139 Å². The Morgan fingerprint density at radius 2 is 1.19 bits per heavy atom. The minimum absolute atomic E-state index is 0. The van der Waals surface area contributed by atoms with Crippen molar-refractivity contribution in [1.29, 1.82) is 0 Å². The summed E-state index contributed by atoms with van der Waals surface area (Å²) in [4.78, 5) is 0. The van der Waals surface area contributed by atoms with Gasteiger partial charge < -0.3 is 14.9 Å². The van der Waals surface area contributed by atoms with Gasteiger partial charge in [-0.05, 0) is 58.8 Å². The molecular weight excluding hydrogens is 767 g/mol. The third kappa shape index (κ3) is 11.4. The molecule has 1 aliphatic rings. The van der Waals surface area contributed by atoms with Gasteiger partial charge in [-0.25, -0.2) is 0 Å². The second kappa shape index (κ2) is 22.2. The second-order valence-electron chi connectivity index (χ2n) is 14.7. The number of rotatable bonds is 6. The molecule has 6 aromatic carbocycles. The van der Waals surface area contributed by atoms with Crippen LogP contribution < -0.4 is 0 Å². The third-order valence-electron chi connectivity index (χ3n) is 10.5. The summed E-state index contributed by atoms with van der Waals surface area (Å²) in [6.45, 7) is 16.6. The van der Waals surface area contributed by atoms with E-state index in [1.54, 1.807) is 0 Å². The van der Waals surface area contributed by atoms with E-state index in [1.807, 2.05) is 0 Å². The zero-order chi connectivity index (χ0) is 34.3. The van der Waals surface area contributed by atoms with Crippen LogP contribution in [-0.4, -0.2) is 6.88 Å². The summed E-state index contributed by atoms with van der Waals surface area (Å²) in [6, 6.07) is 41.2. The van der Waals surface area contributed by atoms with Gasteiger partial charge in [-0.2, -0.15) is 12.1 Å². The molecule has 1 aliphatic carbocycles. The molecule has 0 amide bonds. The Hall–Kier alpha value is -2.22. The number of benzene rings is 4. The van der Waals surface area contributed by atoms with Gasteiger partial charge >= 0.3 is 30.2 Å². The maximum absolute atomic E-state index is 3.06. The first kappa shape index (κ1) is 47.8. The van der Waals surface area contributed by atoms with Gasteiger partial charge in [-0.3, -0.25) is 0 Å². The van der Waals surface area contributed by atoms with Crippen LogP contribution in [0.4, 0.5) is 0 Å². The van der Waals surface area contributed by atoms with E-state index >= 15 is 0 Å². The van der Waals surface area contributed by atoms with E-state index in [-0.39, 0.29) is 45.1 Å². The predicted molar refractivity (Wildman–Crippen MR) is 236 cm³/mol. The van der Waals surface area contributed by atoms with Crippen LogP contribution in [0.2, 0.25) is 0 Å². The summed E-state index contributed by atoms with van der Waals surface area (Å²) in [6.07, 6.45) is 9.27. The molecule has 7 rings (SSSR count).